The number of sulfonamides is 1. The van der Waals surface area contributed by atoms with Gasteiger partial charge in [-0.1, -0.05) is 29.8 Å². The Balaban J connectivity index is 1.56. The molecule has 27 heavy (non-hydrogen) atoms. The Bertz CT molecular complexity index is 1060. The molecule has 0 N–H and O–H groups in total. The molecule has 7 heteroatoms. The van der Waals surface area contributed by atoms with Crippen LogP contribution in [0.1, 0.15) is 38.8 Å². The van der Waals surface area contributed by atoms with Gasteiger partial charge in [0.2, 0.25) is 10.0 Å². The molecule has 0 bridgehead atoms. The minimum atomic E-state index is -3.67. The molecule has 140 valence electrons. The maximum atomic E-state index is 13.0. The molecule has 0 saturated heterocycles. The van der Waals surface area contributed by atoms with E-state index in [0.29, 0.717) is 23.2 Å². The molecular formula is C20H20N2O4S. The minimum absolute atomic E-state index is 0.154. The summed E-state index contributed by atoms with van der Waals surface area (Å²) in [7, 11) is -3.67. The summed E-state index contributed by atoms with van der Waals surface area (Å²) in [6, 6.07) is 12.3. The number of imide groups is 1. The number of fused-ring (bicyclic) bond motifs is 2. The van der Waals surface area contributed by atoms with Crippen molar-refractivity contribution in [1.82, 2.24) is 4.90 Å². The van der Waals surface area contributed by atoms with Gasteiger partial charge in [0.15, 0.2) is 0 Å². The average Bonchev–Trinajstić information content (AvgIpc) is 3.08. The van der Waals surface area contributed by atoms with E-state index in [1.54, 1.807) is 24.3 Å². The molecule has 0 fully saturated rings. The number of nitrogens with zero attached hydrogens (tertiary/aromatic N) is 2. The van der Waals surface area contributed by atoms with Crippen LogP contribution in [0.5, 0.6) is 0 Å². The number of benzene rings is 2. The van der Waals surface area contributed by atoms with E-state index in [1.165, 1.54) is 4.31 Å². The largest absolute Gasteiger partial charge is 0.273 e. The Kier molecular flexibility index (Phi) is 4.07. The molecule has 2 amide bonds. The zero-order valence-electron chi connectivity index (χ0n) is 15.2. The second-order valence-electron chi connectivity index (χ2n) is 7.10. The molecule has 1 unspecified atom stereocenters. The summed E-state index contributed by atoms with van der Waals surface area (Å²) in [4.78, 5) is 26.1. The third-order valence-corrected chi connectivity index (χ3v) is 7.00. The topological polar surface area (TPSA) is 74.8 Å². The van der Waals surface area contributed by atoms with Crippen LogP contribution >= 0.6 is 0 Å². The van der Waals surface area contributed by atoms with Crippen LogP contribution in [0.15, 0.2) is 42.5 Å². The fourth-order valence-corrected chi connectivity index (χ4v) is 5.58. The summed E-state index contributed by atoms with van der Waals surface area (Å²) < 4.78 is 27.4. The van der Waals surface area contributed by atoms with E-state index in [1.807, 2.05) is 32.0 Å². The lowest BCUT2D eigenvalue weighted by molar-refractivity contribution is 0.0664. The summed E-state index contributed by atoms with van der Waals surface area (Å²) >= 11 is 0. The Hall–Kier alpha value is -2.67. The maximum Gasteiger partial charge on any atom is 0.261 e. The van der Waals surface area contributed by atoms with Gasteiger partial charge in [-0.2, -0.15) is 0 Å². The lowest BCUT2D eigenvalue weighted by Gasteiger charge is -2.25. The van der Waals surface area contributed by atoms with Crippen molar-refractivity contribution in [2.45, 2.75) is 26.3 Å². The molecule has 0 saturated carbocycles. The van der Waals surface area contributed by atoms with Crippen molar-refractivity contribution in [2.24, 2.45) is 0 Å². The molecule has 2 aliphatic rings. The van der Waals surface area contributed by atoms with E-state index in [4.69, 9.17) is 0 Å². The predicted molar refractivity (Wildman–Crippen MR) is 102 cm³/mol. The number of aryl methyl sites for hydroxylation is 1. The van der Waals surface area contributed by atoms with E-state index >= 15 is 0 Å². The quantitative estimate of drug-likeness (QED) is 0.759. The van der Waals surface area contributed by atoms with Crippen LogP contribution in [-0.2, 0) is 16.4 Å². The smallest absolute Gasteiger partial charge is 0.261 e. The van der Waals surface area contributed by atoms with Crippen molar-refractivity contribution in [3.05, 3.63) is 64.7 Å². The van der Waals surface area contributed by atoms with E-state index in [-0.39, 0.29) is 18.3 Å². The molecule has 0 aliphatic carbocycles. The molecule has 4 rings (SSSR count). The van der Waals surface area contributed by atoms with Crippen LogP contribution in [0.3, 0.4) is 0 Å². The summed E-state index contributed by atoms with van der Waals surface area (Å²) in [6.07, 6.45) is 0.654. The fourth-order valence-electron chi connectivity index (χ4n) is 3.87. The first-order valence-corrected chi connectivity index (χ1v) is 10.5. The zero-order chi connectivity index (χ0) is 19.3. The van der Waals surface area contributed by atoms with Gasteiger partial charge >= 0.3 is 0 Å². The van der Waals surface area contributed by atoms with Gasteiger partial charge in [-0.25, -0.2) is 8.42 Å². The average molecular weight is 384 g/mol. The van der Waals surface area contributed by atoms with Gasteiger partial charge in [0.1, 0.15) is 0 Å². The number of hydrogen-bond donors (Lipinski definition) is 0. The normalized spacial score (nSPS) is 18.8. The molecule has 2 aromatic rings. The number of amides is 2. The highest BCUT2D eigenvalue weighted by Crippen LogP contribution is 2.34. The van der Waals surface area contributed by atoms with Crippen LogP contribution in [0.25, 0.3) is 0 Å². The summed E-state index contributed by atoms with van der Waals surface area (Å²) in [5.74, 6) is -1.15. The van der Waals surface area contributed by atoms with Gasteiger partial charge in [0.25, 0.3) is 11.8 Å². The van der Waals surface area contributed by atoms with Crippen molar-refractivity contribution < 1.29 is 18.0 Å². The number of anilines is 1. The van der Waals surface area contributed by atoms with Gasteiger partial charge < -0.3 is 0 Å². The highest BCUT2D eigenvalue weighted by atomic mass is 32.2. The molecule has 2 aromatic carbocycles. The summed E-state index contributed by atoms with van der Waals surface area (Å²) in [5, 5.41) is 0. The third kappa shape index (κ3) is 2.82. The van der Waals surface area contributed by atoms with Crippen molar-refractivity contribution in [2.75, 3.05) is 16.6 Å². The number of para-hydroxylation sites is 1. The van der Waals surface area contributed by atoms with Crippen molar-refractivity contribution in [3.8, 4) is 0 Å². The first-order chi connectivity index (χ1) is 12.8. The van der Waals surface area contributed by atoms with E-state index in [0.717, 1.165) is 16.0 Å². The molecule has 2 heterocycles. The van der Waals surface area contributed by atoms with Gasteiger partial charge in [-0.05, 0) is 44.0 Å². The second-order valence-corrected chi connectivity index (χ2v) is 9.07. The van der Waals surface area contributed by atoms with Crippen LogP contribution in [0.4, 0.5) is 5.69 Å². The lowest BCUT2D eigenvalue weighted by Crippen LogP contribution is -2.42. The van der Waals surface area contributed by atoms with Crippen LogP contribution in [-0.4, -0.2) is 43.5 Å². The highest BCUT2D eigenvalue weighted by Gasteiger charge is 2.39. The monoisotopic (exact) mass is 384 g/mol. The SMILES string of the molecule is Cc1ccc2c(c1)C(=O)N(CCS(=O)(=O)N1c3ccccc3CC1C)C2=O. The van der Waals surface area contributed by atoms with E-state index < -0.39 is 21.8 Å². The minimum Gasteiger partial charge on any atom is -0.273 e. The summed E-state index contributed by atoms with van der Waals surface area (Å²) in [6.45, 7) is 3.55. The molecule has 0 aromatic heterocycles. The Morgan fingerprint density at radius 1 is 1.04 bits per heavy atom. The Morgan fingerprint density at radius 3 is 2.52 bits per heavy atom. The fraction of sp³-hybridized carbons (Fsp3) is 0.300. The molecule has 0 radical (unpaired) electrons. The van der Waals surface area contributed by atoms with Crippen molar-refractivity contribution in [1.29, 1.82) is 0 Å². The first-order valence-electron chi connectivity index (χ1n) is 8.86. The first kappa shape index (κ1) is 17.7. The molecule has 0 spiro atoms. The van der Waals surface area contributed by atoms with Gasteiger partial charge in [-0.15, -0.1) is 0 Å². The number of carbonyl (C=O) groups excluding carboxylic acids is 2. The zero-order valence-corrected chi connectivity index (χ0v) is 16.0. The standard InChI is InChI=1S/C20H20N2O4S/c1-13-7-8-16-17(11-13)20(24)21(19(16)23)9-10-27(25,26)22-14(2)12-15-5-3-4-6-18(15)22/h3-8,11,14H,9-10,12H2,1-2H3. The van der Waals surface area contributed by atoms with Crippen LogP contribution < -0.4 is 4.31 Å². The lowest BCUT2D eigenvalue weighted by atomic mass is 10.1. The number of carbonyl (C=O) groups is 2. The number of rotatable bonds is 4. The Morgan fingerprint density at radius 2 is 1.74 bits per heavy atom. The number of hydrogen-bond acceptors (Lipinski definition) is 4. The van der Waals surface area contributed by atoms with E-state index in [9.17, 15) is 18.0 Å². The van der Waals surface area contributed by atoms with Crippen LogP contribution in [0.2, 0.25) is 0 Å². The van der Waals surface area contributed by atoms with Crippen molar-refractivity contribution >= 4 is 27.5 Å². The molecule has 2 aliphatic heterocycles. The predicted octanol–water partition coefficient (Wildman–Crippen LogP) is 2.37. The van der Waals surface area contributed by atoms with Gasteiger partial charge in [-0.3, -0.25) is 18.8 Å². The van der Waals surface area contributed by atoms with Gasteiger partial charge in [0, 0.05) is 12.6 Å². The second kappa shape index (κ2) is 6.20. The Labute approximate surface area is 158 Å². The molecule has 6 nitrogen and oxygen atoms in total. The van der Waals surface area contributed by atoms with Gasteiger partial charge in [0.05, 0.1) is 22.6 Å². The summed E-state index contributed by atoms with van der Waals surface area (Å²) in [5.41, 5.74) is 3.24. The molecular weight excluding hydrogens is 364 g/mol. The highest BCUT2D eigenvalue weighted by molar-refractivity contribution is 7.92. The molecule has 1 atom stereocenters. The maximum absolute atomic E-state index is 13.0. The third-order valence-electron chi connectivity index (χ3n) is 5.14. The van der Waals surface area contributed by atoms with E-state index in [2.05, 4.69) is 0 Å². The van der Waals surface area contributed by atoms with Crippen molar-refractivity contribution in [3.63, 3.8) is 0 Å². The van der Waals surface area contributed by atoms with Crippen LogP contribution in [0, 0.1) is 6.92 Å².